The van der Waals surface area contributed by atoms with Gasteiger partial charge in [0.2, 0.25) is 5.91 Å². The van der Waals surface area contributed by atoms with Crippen LogP contribution in [-0.2, 0) is 11.3 Å². The molecule has 0 radical (unpaired) electrons. The van der Waals surface area contributed by atoms with Gasteiger partial charge in [0, 0.05) is 12.6 Å². The van der Waals surface area contributed by atoms with E-state index in [1.807, 2.05) is 49.1 Å². The highest BCUT2D eigenvalue weighted by Gasteiger charge is 2.54. The quantitative estimate of drug-likeness (QED) is 0.785. The van der Waals surface area contributed by atoms with E-state index >= 15 is 0 Å². The van der Waals surface area contributed by atoms with Gasteiger partial charge in [0.1, 0.15) is 6.04 Å². The minimum atomic E-state index is -0.241. The Morgan fingerprint density at radius 1 is 1.29 bits per heavy atom. The number of benzene rings is 1. The molecule has 2 rings (SSSR count). The van der Waals surface area contributed by atoms with Gasteiger partial charge in [-0.05, 0) is 25.3 Å². The Morgan fingerprint density at radius 3 is 2.38 bits per heavy atom. The van der Waals surface area contributed by atoms with Crippen LogP contribution in [-0.4, -0.2) is 40.1 Å². The number of likely N-dealkylation sites (tertiary alicyclic amines) is 1. The van der Waals surface area contributed by atoms with Crippen molar-refractivity contribution < 1.29 is 9.90 Å². The van der Waals surface area contributed by atoms with E-state index in [1.54, 1.807) is 0 Å². The minimum absolute atomic E-state index is 0.0444. The van der Waals surface area contributed by atoms with Gasteiger partial charge in [-0.2, -0.15) is 0 Å². The summed E-state index contributed by atoms with van der Waals surface area (Å²) in [5.41, 5.74) is 0.898. The average molecular weight is 290 g/mol. The predicted molar refractivity (Wildman–Crippen MR) is 83.7 cm³/mol. The number of nitrogens with one attached hydrogen (secondary N) is 1. The Bertz CT molecular complexity index is 485. The lowest BCUT2D eigenvalue weighted by Crippen LogP contribution is -2.77. The van der Waals surface area contributed by atoms with E-state index in [4.69, 9.17) is 0 Å². The van der Waals surface area contributed by atoms with E-state index in [-0.39, 0.29) is 30.1 Å². The summed E-state index contributed by atoms with van der Waals surface area (Å²) in [6.07, 6.45) is 0. The van der Waals surface area contributed by atoms with Crippen LogP contribution < -0.4 is 5.32 Å². The van der Waals surface area contributed by atoms with Crippen molar-refractivity contribution in [3.8, 4) is 0 Å². The number of β-lactam (4-membered cyclic amide) rings is 1. The molecule has 21 heavy (non-hydrogen) atoms. The molecule has 0 aromatic heterocycles. The summed E-state index contributed by atoms with van der Waals surface area (Å²) in [7, 11) is 0. The number of rotatable bonds is 6. The Hall–Kier alpha value is -1.39. The summed E-state index contributed by atoms with van der Waals surface area (Å²) >= 11 is 0. The number of carbonyl (C=O) groups excluding carboxylic acids is 1. The summed E-state index contributed by atoms with van der Waals surface area (Å²) in [5, 5.41) is 12.8. The largest absolute Gasteiger partial charge is 0.395 e. The van der Waals surface area contributed by atoms with Crippen molar-refractivity contribution in [2.45, 2.75) is 51.9 Å². The zero-order valence-corrected chi connectivity index (χ0v) is 13.3. The Balaban J connectivity index is 2.04. The highest BCUT2D eigenvalue weighted by atomic mass is 16.3. The first kappa shape index (κ1) is 16.0. The number of aliphatic hydroxyl groups is 1. The molecule has 4 nitrogen and oxygen atoms in total. The first-order chi connectivity index (χ1) is 9.87. The van der Waals surface area contributed by atoms with E-state index in [2.05, 4.69) is 19.2 Å². The third-order valence-corrected chi connectivity index (χ3v) is 4.48. The second kappa shape index (κ2) is 6.16. The van der Waals surface area contributed by atoms with Gasteiger partial charge < -0.3 is 10.0 Å². The first-order valence-corrected chi connectivity index (χ1v) is 7.60. The summed E-state index contributed by atoms with van der Waals surface area (Å²) in [5.74, 6) is 0.407. The van der Waals surface area contributed by atoms with Crippen molar-refractivity contribution in [2.75, 3.05) is 6.61 Å². The molecule has 1 amide bonds. The van der Waals surface area contributed by atoms with Crippen LogP contribution in [0.4, 0.5) is 0 Å². The number of hydrogen-bond acceptors (Lipinski definition) is 3. The van der Waals surface area contributed by atoms with Crippen LogP contribution in [0.5, 0.6) is 0 Å². The number of amides is 1. The van der Waals surface area contributed by atoms with Crippen molar-refractivity contribution in [1.82, 2.24) is 10.2 Å². The lowest BCUT2D eigenvalue weighted by Gasteiger charge is -2.55. The number of aliphatic hydroxyl groups excluding tert-OH is 1. The van der Waals surface area contributed by atoms with Crippen LogP contribution in [0.25, 0.3) is 0 Å². The van der Waals surface area contributed by atoms with Gasteiger partial charge in [-0.15, -0.1) is 0 Å². The van der Waals surface area contributed by atoms with Crippen LogP contribution in [0.1, 0.15) is 33.3 Å². The zero-order chi connectivity index (χ0) is 15.6. The van der Waals surface area contributed by atoms with E-state index in [0.717, 1.165) is 5.56 Å². The van der Waals surface area contributed by atoms with E-state index < -0.39 is 0 Å². The highest BCUT2D eigenvalue weighted by Crippen LogP contribution is 2.33. The standard InChI is InChI=1S/C17H26N2O2/c1-12(2)14(11-20)18-15-16(21)19(17(15,3)4)10-13-8-6-5-7-9-13/h5-9,12,14-15,18,20H,10-11H2,1-4H3/t14-,15-/m1/s1. The van der Waals surface area contributed by atoms with Gasteiger partial charge in [-0.1, -0.05) is 44.2 Å². The van der Waals surface area contributed by atoms with Crippen LogP contribution in [0, 0.1) is 5.92 Å². The summed E-state index contributed by atoms with van der Waals surface area (Å²) in [4.78, 5) is 14.3. The first-order valence-electron chi connectivity index (χ1n) is 7.60. The Labute approximate surface area is 127 Å². The van der Waals surface area contributed by atoms with Gasteiger partial charge in [0.25, 0.3) is 0 Å². The summed E-state index contributed by atoms with van der Waals surface area (Å²) < 4.78 is 0. The maximum absolute atomic E-state index is 12.4. The molecular weight excluding hydrogens is 264 g/mol. The maximum Gasteiger partial charge on any atom is 0.242 e. The fourth-order valence-corrected chi connectivity index (χ4v) is 2.82. The minimum Gasteiger partial charge on any atom is -0.395 e. The summed E-state index contributed by atoms with van der Waals surface area (Å²) in [6, 6.07) is 9.76. The molecule has 116 valence electrons. The van der Waals surface area contributed by atoms with Crippen molar-refractivity contribution >= 4 is 5.91 Å². The number of carbonyl (C=O) groups is 1. The van der Waals surface area contributed by atoms with E-state index in [0.29, 0.717) is 12.5 Å². The van der Waals surface area contributed by atoms with Crippen LogP contribution in [0.3, 0.4) is 0 Å². The number of hydrogen-bond donors (Lipinski definition) is 2. The lowest BCUT2D eigenvalue weighted by molar-refractivity contribution is -0.163. The monoisotopic (exact) mass is 290 g/mol. The normalized spacial score (nSPS) is 22.3. The molecule has 1 fully saturated rings. The molecule has 1 aromatic carbocycles. The second-order valence-electron chi connectivity index (χ2n) is 6.70. The lowest BCUT2D eigenvalue weighted by atomic mass is 9.80. The SMILES string of the molecule is CC(C)[C@@H](CO)N[C@@H]1C(=O)N(Cc2ccccc2)C1(C)C. The molecule has 0 aliphatic carbocycles. The van der Waals surface area contributed by atoms with Gasteiger partial charge in [0.15, 0.2) is 0 Å². The molecule has 1 heterocycles. The molecule has 0 unspecified atom stereocenters. The molecule has 2 atom stereocenters. The predicted octanol–water partition coefficient (Wildman–Crippen LogP) is 1.78. The third-order valence-electron chi connectivity index (χ3n) is 4.48. The maximum atomic E-state index is 12.4. The fourth-order valence-electron chi connectivity index (χ4n) is 2.82. The van der Waals surface area contributed by atoms with Crippen molar-refractivity contribution in [2.24, 2.45) is 5.92 Å². The fraction of sp³-hybridized carbons (Fsp3) is 0.588. The van der Waals surface area contributed by atoms with Gasteiger partial charge in [-0.3, -0.25) is 10.1 Å². The van der Waals surface area contributed by atoms with Crippen molar-refractivity contribution in [3.63, 3.8) is 0 Å². The zero-order valence-electron chi connectivity index (χ0n) is 13.3. The molecule has 1 aromatic rings. The molecule has 1 aliphatic heterocycles. The molecular formula is C17H26N2O2. The smallest absolute Gasteiger partial charge is 0.242 e. The topological polar surface area (TPSA) is 52.6 Å². The van der Waals surface area contributed by atoms with Crippen molar-refractivity contribution in [1.29, 1.82) is 0 Å². The highest BCUT2D eigenvalue weighted by molar-refractivity contribution is 5.91. The van der Waals surface area contributed by atoms with Gasteiger partial charge in [0.05, 0.1) is 12.1 Å². The van der Waals surface area contributed by atoms with Gasteiger partial charge in [-0.25, -0.2) is 0 Å². The van der Waals surface area contributed by atoms with Crippen LogP contribution in [0.15, 0.2) is 30.3 Å². The second-order valence-corrected chi connectivity index (χ2v) is 6.70. The van der Waals surface area contributed by atoms with Crippen molar-refractivity contribution in [3.05, 3.63) is 35.9 Å². The molecule has 0 bridgehead atoms. The molecule has 4 heteroatoms. The molecule has 1 aliphatic rings. The Kier molecular flexibility index (Phi) is 4.69. The molecule has 1 saturated heterocycles. The molecule has 2 N–H and O–H groups in total. The van der Waals surface area contributed by atoms with Crippen LogP contribution >= 0.6 is 0 Å². The van der Waals surface area contributed by atoms with E-state index in [9.17, 15) is 9.90 Å². The average Bonchev–Trinajstić information content (AvgIpc) is 2.45. The molecule has 0 spiro atoms. The summed E-state index contributed by atoms with van der Waals surface area (Å²) in [6.45, 7) is 8.93. The number of nitrogens with zero attached hydrogens (tertiary/aromatic N) is 1. The Morgan fingerprint density at radius 2 is 1.90 bits per heavy atom. The van der Waals surface area contributed by atoms with E-state index in [1.165, 1.54) is 0 Å². The third kappa shape index (κ3) is 3.11. The van der Waals surface area contributed by atoms with Crippen LogP contribution in [0.2, 0.25) is 0 Å². The molecule has 0 saturated carbocycles. The van der Waals surface area contributed by atoms with Gasteiger partial charge >= 0.3 is 0 Å².